The van der Waals surface area contributed by atoms with Gasteiger partial charge in [0.1, 0.15) is 0 Å². The molecular formula is C22H16Cl2F3NO2. The van der Waals surface area contributed by atoms with Crippen molar-refractivity contribution in [2.75, 3.05) is 4.90 Å². The lowest BCUT2D eigenvalue weighted by Crippen LogP contribution is -2.40. The van der Waals surface area contributed by atoms with Crippen LogP contribution in [0.1, 0.15) is 42.7 Å². The summed E-state index contributed by atoms with van der Waals surface area (Å²) in [5.74, 6) is -1.04. The molecule has 3 nitrogen and oxygen atoms in total. The molecule has 0 radical (unpaired) electrons. The van der Waals surface area contributed by atoms with Crippen LogP contribution in [0.15, 0.2) is 53.7 Å². The maximum Gasteiger partial charge on any atom is 0.416 e. The predicted molar refractivity (Wildman–Crippen MR) is 109 cm³/mol. The zero-order chi connectivity index (χ0) is 21.6. The van der Waals surface area contributed by atoms with Gasteiger partial charge < -0.3 is 0 Å². The average Bonchev–Trinajstić information content (AvgIpc) is 2.67. The molecule has 1 unspecified atom stereocenters. The number of hydrogen-bond donors (Lipinski definition) is 0. The number of ketones is 1. The van der Waals surface area contributed by atoms with Crippen LogP contribution in [0, 0.1) is 0 Å². The summed E-state index contributed by atoms with van der Waals surface area (Å²) in [5.41, 5.74) is 0.777. The Hall–Kier alpha value is -2.31. The van der Waals surface area contributed by atoms with Gasteiger partial charge in [0.15, 0.2) is 5.78 Å². The molecule has 0 saturated heterocycles. The minimum absolute atomic E-state index is 0.0673. The third-order valence-corrected chi connectivity index (χ3v) is 6.01. The van der Waals surface area contributed by atoms with Crippen molar-refractivity contribution in [3.63, 3.8) is 0 Å². The van der Waals surface area contributed by atoms with E-state index in [9.17, 15) is 22.8 Å². The molecule has 0 aromatic heterocycles. The first-order chi connectivity index (χ1) is 14.2. The van der Waals surface area contributed by atoms with Gasteiger partial charge in [0.2, 0.25) is 5.91 Å². The van der Waals surface area contributed by atoms with Gasteiger partial charge in [-0.2, -0.15) is 13.2 Å². The number of amides is 1. The second kappa shape index (κ2) is 7.75. The minimum Gasteiger partial charge on any atom is -0.294 e. The lowest BCUT2D eigenvalue weighted by atomic mass is 9.77. The zero-order valence-electron chi connectivity index (χ0n) is 15.6. The van der Waals surface area contributed by atoms with Crippen LogP contribution in [-0.2, 0) is 15.8 Å². The molecule has 1 atom stereocenters. The summed E-state index contributed by atoms with van der Waals surface area (Å²) in [7, 11) is 0. The first-order valence-electron chi connectivity index (χ1n) is 9.38. The second-order valence-corrected chi connectivity index (χ2v) is 8.18. The molecule has 2 aliphatic rings. The fourth-order valence-electron chi connectivity index (χ4n) is 4.16. The van der Waals surface area contributed by atoms with E-state index in [-0.39, 0.29) is 23.8 Å². The van der Waals surface area contributed by atoms with Crippen LogP contribution in [0.4, 0.5) is 18.9 Å². The normalized spacial score (nSPS) is 19.9. The van der Waals surface area contributed by atoms with Gasteiger partial charge >= 0.3 is 6.18 Å². The van der Waals surface area contributed by atoms with Crippen molar-refractivity contribution < 1.29 is 22.8 Å². The Morgan fingerprint density at radius 1 is 1.00 bits per heavy atom. The number of halogens is 5. The van der Waals surface area contributed by atoms with E-state index in [0.717, 1.165) is 12.1 Å². The minimum atomic E-state index is -4.53. The van der Waals surface area contributed by atoms with Gasteiger partial charge in [-0.25, -0.2) is 0 Å². The van der Waals surface area contributed by atoms with Crippen molar-refractivity contribution >= 4 is 40.6 Å². The van der Waals surface area contributed by atoms with Gasteiger partial charge in [0.25, 0.3) is 0 Å². The lowest BCUT2D eigenvalue weighted by Gasteiger charge is -2.38. The smallest absolute Gasteiger partial charge is 0.294 e. The van der Waals surface area contributed by atoms with E-state index >= 15 is 0 Å². The average molecular weight is 454 g/mol. The first kappa shape index (κ1) is 20.9. The molecule has 2 aromatic rings. The monoisotopic (exact) mass is 453 g/mol. The van der Waals surface area contributed by atoms with Gasteiger partial charge in [-0.05, 0) is 48.7 Å². The number of nitrogens with zero attached hydrogens (tertiary/aromatic N) is 1. The molecule has 8 heteroatoms. The Balaban J connectivity index is 1.86. The van der Waals surface area contributed by atoms with Crippen molar-refractivity contribution in [3.8, 4) is 0 Å². The van der Waals surface area contributed by atoms with Gasteiger partial charge in [-0.3, -0.25) is 14.5 Å². The molecule has 1 aliphatic heterocycles. The number of rotatable bonds is 2. The van der Waals surface area contributed by atoms with Gasteiger partial charge in [-0.1, -0.05) is 35.3 Å². The number of Topliss-reactive ketones (excluding diaryl/α,β-unsaturated/α-hetero) is 1. The molecule has 0 bridgehead atoms. The third kappa shape index (κ3) is 3.74. The molecule has 4 rings (SSSR count). The van der Waals surface area contributed by atoms with Crippen molar-refractivity contribution in [2.24, 2.45) is 0 Å². The van der Waals surface area contributed by atoms with Gasteiger partial charge in [0.05, 0.1) is 5.56 Å². The van der Waals surface area contributed by atoms with Gasteiger partial charge in [0, 0.05) is 45.8 Å². The van der Waals surface area contributed by atoms with Crippen molar-refractivity contribution in [3.05, 3.63) is 74.9 Å². The summed E-state index contributed by atoms with van der Waals surface area (Å²) in [5, 5.41) is 0.777. The summed E-state index contributed by atoms with van der Waals surface area (Å²) in [6.45, 7) is 0. The SMILES string of the molecule is O=C1CCCC2=C1C(c1ccc(Cl)cc1Cl)CC(=O)N2c1cccc(C(F)(F)F)c1. The number of carbonyl (C=O) groups is 2. The van der Waals surface area contributed by atoms with E-state index < -0.39 is 17.7 Å². The Kier molecular flexibility index (Phi) is 5.41. The maximum atomic E-state index is 13.2. The first-order valence-corrected chi connectivity index (χ1v) is 10.1. The lowest BCUT2D eigenvalue weighted by molar-refractivity contribution is -0.137. The molecule has 2 aromatic carbocycles. The van der Waals surface area contributed by atoms with Crippen LogP contribution >= 0.6 is 23.2 Å². The summed E-state index contributed by atoms with van der Waals surface area (Å²) in [4.78, 5) is 27.2. The van der Waals surface area contributed by atoms with E-state index in [1.54, 1.807) is 18.2 Å². The molecule has 0 saturated carbocycles. The number of carbonyl (C=O) groups excluding carboxylic acids is 2. The Bertz CT molecular complexity index is 1080. The van der Waals surface area contributed by atoms with E-state index in [0.29, 0.717) is 46.1 Å². The summed E-state index contributed by atoms with van der Waals surface area (Å²) < 4.78 is 39.6. The second-order valence-electron chi connectivity index (χ2n) is 7.34. The fraction of sp³-hybridized carbons (Fsp3) is 0.273. The number of allylic oxidation sites excluding steroid dienone is 2. The van der Waals surface area contributed by atoms with E-state index in [1.165, 1.54) is 17.0 Å². The summed E-state index contributed by atoms with van der Waals surface area (Å²) in [6, 6.07) is 9.49. The Morgan fingerprint density at radius 3 is 2.47 bits per heavy atom. The molecule has 0 fully saturated rings. The van der Waals surface area contributed by atoms with E-state index in [4.69, 9.17) is 23.2 Å². The van der Waals surface area contributed by atoms with Crippen molar-refractivity contribution in [1.82, 2.24) is 0 Å². The molecule has 156 valence electrons. The number of anilines is 1. The molecule has 30 heavy (non-hydrogen) atoms. The summed E-state index contributed by atoms with van der Waals surface area (Å²) in [6.07, 6.45) is -3.33. The highest BCUT2D eigenvalue weighted by molar-refractivity contribution is 6.35. The highest BCUT2D eigenvalue weighted by Gasteiger charge is 2.41. The highest BCUT2D eigenvalue weighted by atomic mass is 35.5. The number of alkyl halides is 3. The van der Waals surface area contributed by atoms with Crippen molar-refractivity contribution in [1.29, 1.82) is 0 Å². The topological polar surface area (TPSA) is 37.4 Å². The van der Waals surface area contributed by atoms with Crippen LogP contribution in [0.25, 0.3) is 0 Å². The number of hydrogen-bond acceptors (Lipinski definition) is 2. The Morgan fingerprint density at radius 2 is 1.77 bits per heavy atom. The van der Waals surface area contributed by atoms with Gasteiger partial charge in [-0.15, -0.1) is 0 Å². The van der Waals surface area contributed by atoms with Crippen molar-refractivity contribution in [2.45, 2.75) is 37.8 Å². The van der Waals surface area contributed by atoms with Crippen LogP contribution in [0.5, 0.6) is 0 Å². The summed E-state index contributed by atoms with van der Waals surface area (Å²) >= 11 is 12.3. The largest absolute Gasteiger partial charge is 0.416 e. The molecular weight excluding hydrogens is 438 g/mol. The molecule has 1 amide bonds. The van der Waals surface area contributed by atoms with Crippen LogP contribution < -0.4 is 4.90 Å². The Labute approximate surface area is 181 Å². The van der Waals surface area contributed by atoms with E-state index in [1.807, 2.05) is 0 Å². The quantitative estimate of drug-likeness (QED) is 0.517. The van der Waals surface area contributed by atoms with Crippen LogP contribution in [0.2, 0.25) is 10.0 Å². The zero-order valence-corrected chi connectivity index (χ0v) is 17.1. The molecule has 0 spiro atoms. The standard InChI is InChI=1S/C22H16Cl2F3NO2/c23-13-7-8-15(17(24)10-13)16-11-20(30)28(18-5-2-6-19(29)21(16)18)14-4-1-3-12(9-14)22(25,26)27/h1,3-4,7-10,16H,2,5-6,11H2. The van der Waals surface area contributed by atoms with Crippen LogP contribution in [-0.4, -0.2) is 11.7 Å². The van der Waals surface area contributed by atoms with E-state index in [2.05, 4.69) is 0 Å². The highest BCUT2D eigenvalue weighted by Crippen LogP contribution is 2.45. The molecule has 1 heterocycles. The molecule has 0 N–H and O–H groups in total. The fourth-order valence-corrected chi connectivity index (χ4v) is 4.70. The molecule has 1 aliphatic carbocycles. The number of benzene rings is 2. The van der Waals surface area contributed by atoms with Crippen LogP contribution in [0.3, 0.4) is 0 Å². The third-order valence-electron chi connectivity index (χ3n) is 5.44. The maximum absolute atomic E-state index is 13.2. The predicted octanol–water partition coefficient (Wildman–Crippen LogP) is 6.54.